The van der Waals surface area contributed by atoms with Crippen molar-refractivity contribution >= 4 is 12.1 Å². The normalized spacial score (nSPS) is 24.2. The van der Waals surface area contributed by atoms with E-state index >= 15 is 0 Å². The molecule has 1 amide bonds. The third-order valence-corrected chi connectivity index (χ3v) is 2.42. The number of carbonyl (C=O) groups excluding carboxylic acids is 2. The summed E-state index contributed by atoms with van der Waals surface area (Å²) in [6, 6.07) is -0.280. The number of hydrogen-bond donors (Lipinski definition) is 2. The third-order valence-electron chi connectivity index (χ3n) is 2.42. The number of nitrogens with one attached hydrogen (secondary N) is 2. The van der Waals surface area contributed by atoms with Gasteiger partial charge in [0, 0.05) is 13.1 Å². The monoisotopic (exact) mass is 244 g/mol. The number of rotatable bonds is 2. The molecule has 0 radical (unpaired) electrons. The summed E-state index contributed by atoms with van der Waals surface area (Å²) in [6.07, 6.45) is -0.514. The van der Waals surface area contributed by atoms with E-state index in [9.17, 15) is 9.59 Å². The summed E-state index contributed by atoms with van der Waals surface area (Å²) in [4.78, 5) is 23.0. The Labute approximate surface area is 101 Å². The van der Waals surface area contributed by atoms with Gasteiger partial charge in [0.25, 0.3) is 0 Å². The Morgan fingerprint density at radius 3 is 2.47 bits per heavy atom. The molecule has 0 aliphatic carbocycles. The summed E-state index contributed by atoms with van der Waals surface area (Å²) < 4.78 is 9.81. The zero-order chi connectivity index (χ0) is 13.1. The van der Waals surface area contributed by atoms with E-state index in [0.29, 0.717) is 13.1 Å². The molecule has 1 saturated heterocycles. The minimum atomic E-state index is -0.545. The Kier molecular flexibility index (Phi) is 4.34. The molecule has 6 nitrogen and oxygen atoms in total. The molecule has 2 N–H and O–H groups in total. The predicted molar refractivity (Wildman–Crippen MR) is 61.5 cm³/mol. The fourth-order valence-electron chi connectivity index (χ4n) is 1.69. The molecule has 98 valence electrons. The molecule has 0 spiro atoms. The van der Waals surface area contributed by atoms with Crippen molar-refractivity contribution in [1.82, 2.24) is 10.6 Å². The van der Waals surface area contributed by atoms with Crippen LogP contribution in [0.4, 0.5) is 4.79 Å². The molecule has 6 heteroatoms. The highest BCUT2D eigenvalue weighted by Gasteiger charge is 2.35. The van der Waals surface area contributed by atoms with Crippen LogP contribution in [0.25, 0.3) is 0 Å². The molecule has 1 heterocycles. The quantitative estimate of drug-likeness (QED) is 0.682. The van der Waals surface area contributed by atoms with Crippen LogP contribution in [-0.4, -0.2) is 43.9 Å². The second-order valence-corrected chi connectivity index (χ2v) is 5.04. The van der Waals surface area contributed by atoms with Gasteiger partial charge in [-0.1, -0.05) is 0 Å². The molecular formula is C11H20N2O4. The molecule has 1 rings (SSSR count). The van der Waals surface area contributed by atoms with Gasteiger partial charge in [-0.25, -0.2) is 4.79 Å². The number of alkyl carbamates (subject to hydrolysis) is 1. The van der Waals surface area contributed by atoms with E-state index < -0.39 is 11.7 Å². The van der Waals surface area contributed by atoms with Gasteiger partial charge in [0.15, 0.2) is 0 Å². The van der Waals surface area contributed by atoms with Crippen molar-refractivity contribution in [2.75, 3.05) is 20.2 Å². The first-order valence-corrected chi connectivity index (χ1v) is 5.61. The Bertz CT molecular complexity index is 298. The Morgan fingerprint density at radius 1 is 1.29 bits per heavy atom. The average molecular weight is 244 g/mol. The molecule has 0 aromatic rings. The zero-order valence-electron chi connectivity index (χ0n) is 10.7. The second kappa shape index (κ2) is 5.35. The molecule has 0 aromatic heterocycles. The van der Waals surface area contributed by atoms with Crippen molar-refractivity contribution in [1.29, 1.82) is 0 Å². The summed E-state index contributed by atoms with van der Waals surface area (Å²) in [7, 11) is 1.34. The summed E-state index contributed by atoms with van der Waals surface area (Å²) in [5, 5.41) is 5.71. The highest BCUT2D eigenvalue weighted by atomic mass is 16.6. The number of ether oxygens (including phenoxy) is 2. The minimum absolute atomic E-state index is 0.280. The lowest BCUT2D eigenvalue weighted by Crippen LogP contribution is -2.45. The van der Waals surface area contributed by atoms with Crippen molar-refractivity contribution < 1.29 is 19.1 Å². The van der Waals surface area contributed by atoms with Gasteiger partial charge in [-0.3, -0.25) is 4.79 Å². The number of amides is 1. The zero-order valence-corrected chi connectivity index (χ0v) is 10.7. The van der Waals surface area contributed by atoms with E-state index in [1.165, 1.54) is 7.11 Å². The van der Waals surface area contributed by atoms with Crippen LogP contribution < -0.4 is 10.6 Å². The molecule has 0 bridgehead atoms. The van der Waals surface area contributed by atoms with Crippen molar-refractivity contribution in [3.8, 4) is 0 Å². The van der Waals surface area contributed by atoms with Gasteiger partial charge in [0.2, 0.25) is 0 Å². The summed E-state index contributed by atoms with van der Waals surface area (Å²) in [5.41, 5.74) is -0.545. The molecule has 17 heavy (non-hydrogen) atoms. The van der Waals surface area contributed by atoms with E-state index in [1.54, 1.807) is 20.8 Å². The highest BCUT2D eigenvalue weighted by molar-refractivity contribution is 5.76. The fraction of sp³-hybridized carbons (Fsp3) is 0.818. The lowest BCUT2D eigenvalue weighted by Gasteiger charge is -2.23. The molecule has 0 aromatic carbocycles. The number of esters is 1. The van der Waals surface area contributed by atoms with Gasteiger partial charge in [-0.15, -0.1) is 0 Å². The fourth-order valence-corrected chi connectivity index (χ4v) is 1.69. The summed E-state index contributed by atoms with van der Waals surface area (Å²) in [5.74, 6) is -0.677. The molecule has 1 aliphatic rings. The Hall–Kier alpha value is -1.30. The Balaban J connectivity index is 2.50. The van der Waals surface area contributed by atoms with Crippen LogP contribution in [0.3, 0.4) is 0 Å². The van der Waals surface area contributed by atoms with Gasteiger partial charge < -0.3 is 20.1 Å². The van der Waals surface area contributed by atoms with Crippen molar-refractivity contribution in [3.63, 3.8) is 0 Å². The van der Waals surface area contributed by atoms with E-state index in [2.05, 4.69) is 15.4 Å². The van der Waals surface area contributed by atoms with E-state index in [-0.39, 0.29) is 17.9 Å². The minimum Gasteiger partial charge on any atom is -0.469 e. The average Bonchev–Trinajstić information content (AvgIpc) is 2.61. The van der Waals surface area contributed by atoms with Gasteiger partial charge >= 0.3 is 12.1 Å². The lowest BCUT2D eigenvalue weighted by molar-refractivity contribution is -0.145. The molecule has 2 unspecified atom stereocenters. The van der Waals surface area contributed by atoms with Crippen LogP contribution in [0.2, 0.25) is 0 Å². The number of methoxy groups -OCH3 is 1. The van der Waals surface area contributed by atoms with Gasteiger partial charge in [0.05, 0.1) is 19.1 Å². The molecule has 2 atom stereocenters. The first-order chi connectivity index (χ1) is 7.83. The van der Waals surface area contributed by atoms with Gasteiger partial charge in [-0.2, -0.15) is 0 Å². The maximum absolute atomic E-state index is 11.6. The van der Waals surface area contributed by atoms with Crippen molar-refractivity contribution in [3.05, 3.63) is 0 Å². The van der Waals surface area contributed by atoms with Crippen LogP contribution in [0, 0.1) is 5.92 Å². The molecule has 1 aliphatic heterocycles. The maximum atomic E-state index is 11.6. The first-order valence-electron chi connectivity index (χ1n) is 5.61. The number of hydrogen-bond acceptors (Lipinski definition) is 5. The first kappa shape index (κ1) is 13.8. The van der Waals surface area contributed by atoms with Crippen LogP contribution in [0.15, 0.2) is 0 Å². The highest BCUT2D eigenvalue weighted by Crippen LogP contribution is 2.12. The molecule has 1 fully saturated rings. The third kappa shape index (κ3) is 4.22. The molecule has 0 saturated carbocycles. The van der Waals surface area contributed by atoms with Crippen molar-refractivity contribution in [2.45, 2.75) is 32.4 Å². The Morgan fingerprint density at radius 2 is 1.94 bits per heavy atom. The predicted octanol–water partition coefficient (Wildman–Crippen LogP) is 0.272. The maximum Gasteiger partial charge on any atom is 0.407 e. The van der Waals surface area contributed by atoms with Crippen LogP contribution in [-0.2, 0) is 14.3 Å². The largest absolute Gasteiger partial charge is 0.469 e. The van der Waals surface area contributed by atoms with Gasteiger partial charge in [-0.05, 0) is 20.8 Å². The SMILES string of the molecule is COC(=O)C1CNCC1NC(=O)OC(C)(C)C. The molecular weight excluding hydrogens is 224 g/mol. The van der Waals surface area contributed by atoms with E-state index in [4.69, 9.17) is 4.74 Å². The van der Waals surface area contributed by atoms with E-state index in [0.717, 1.165) is 0 Å². The summed E-state index contributed by atoms with van der Waals surface area (Å²) in [6.45, 7) is 6.41. The smallest absolute Gasteiger partial charge is 0.407 e. The van der Waals surface area contributed by atoms with Crippen LogP contribution in [0.1, 0.15) is 20.8 Å². The summed E-state index contributed by atoms with van der Waals surface area (Å²) >= 11 is 0. The van der Waals surface area contributed by atoms with Crippen LogP contribution in [0.5, 0.6) is 0 Å². The standard InChI is InChI=1S/C11H20N2O4/c1-11(2,3)17-10(15)13-8-6-12-5-7(8)9(14)16-4/h7-8,12H,5-6H2,1-4H3,(H,13,15). The second-order valence-electron chi connectivity index (χ2n) is 5.04. The van der Waals surface area contributed by atoms with Crippen LogP contribution >= 0.6 is 0 Å². The lowest BCUT2D eigenvalue weighted by atomic mass is 10.0. The number of carbonyl (C=O) groups is 2. The van der Waals surface area contributed by atoms with E-state index in [1.807, 2.05) is 0 Å². The topological polar surface area (TPSA) is 76.7 Å². The van der Waals surface area contributed by atoms with Gasteiger partial charge in [0.1, 0.15) is 5.60 Å². The van der Waals surface area contributed by atoms with Crippen molar-refractivity contribution in [2.24, 2.45) is 5.92 Å².